The maximum absolute atomic E-state index is 4.53. The number of rotatable bonds is 1. The quantitative estimate of drug-likeness (QED) is 0.684. The predicted molar refractivity (Wildman–Crippen MR) is 82.4 cm³/mol. The highest BCUT2D eigenvalue weighted by atomic mass is 32.1. The lowest BCUT2D eigenvalue weighted by atomic mass is 10.3. The molecule has 0 saturated carbocycles. The predicted octanol–water partition coefficient (Wildman–Crippen LogP) is 1.99. The second-order valence-electron chi connectivity index (χ2n) is 5.12. The fraction of sp³-hybridized carbons (Fsp3) is 0.357. The van der Waals surface area contributed by atoms with Crippen LogP contribution in [0.2, 0.25) is 0 Å². The van der Waals surface area contributed by atoms with E-state index in [0.717, 1.165) is 52.4 Å². The molecule has 6 heteroatoms. The van der Waals surface area contributed by atoms with Gasteiger partial charge in [-0.3, -0.25) is 0 Å². The van der Waals surface area contributed by atoms with Gasteiger partial charge in [-0.15, -0.1) is 11.3 Å². The van der Waals surface area contributed by atoms with Crippen molar-refractivity contribution in [3.63, 3.8) is 0 Å². The van der Waals surface area contributed by atoms with Crippen LogP contribution in [-0.2, 0) is 0 Å². The lowest BCUT2D eigenvalue weighted by Crippen LogP contribution is -2.44. The molecule has 0 amide bonds. The summed E-state index contributed by atoms with van der Waals surface area (Å²) in [6, 6.07) is 4.05. The van der Waals surface area contributed by atoms with E-state index < -0.39 is 0 Å². The van der Waals surface area contributed by atoms with E-state index in [4.69, 9.17) is 0 Å². The van der Waals surface area contributed by atoms with Crippen LogP contribution < -0.4 is 4.90 Å². The topological polar surface area (TPSA) is 45.2 Å². The van der Waals surface area contributed by atoms with Gasteiger partial charge < -0.3 is 9.80 Å². The van der Waals surface area contributed by atoms with Crippen LogP contribution in [0.4, 0.5) is 5.82 Å². The van der Waals surface area contributed by atoms with Gasteiger partial charge in [0.05, 0.1) is 10.2 Å². The van der Waals surface area contributed by atoms with Crippen molar-refractivity contribution in [1.29, 1.82) is 0 Å². The number of hydrogen-bond donors (Lipinski definition) is 0. The number of fused-ring (bicyclic) bond motifs is 3. The smallest absolute Gasteiger partial charge is 0.150 e. The first-order valence-electron chi connectivity index (χ1n) is 6.74. The van der Waals surface area contributed by atoms with Crippen molar-refractivity contribution in [3.05, 3.63) is 24.7 Å². The van der Waals surface area contributed by atoms with Crippen molar-refractivity contribution >= 4 is 37.6 Å². The van der Waals surface area contributed by atoms with Gasteiger partial charge in [0.2, 0.25) is 0 Å². The maximum Gasteiger partial charge on any atom is 0.150 e. The van der Waals surface area contributed by atoms with E-state index in [1.54, 1.807) is 17.7 Å². The third-order valence-corrected chi connectivity index (χ3v) is 4.91. The van der Waals surface area contributed by atoms with Gasteiger partial charge in [-0.2, -0.15) is 0 Å². The number of likely N-dealkylation sites (N-methyl/N-ethyl adjacent to an activating group) is 1. The van der Waals surface area contributed by atoms with Gasteiger partial charge in [0.25, 0.3) is 0 Å². The van der Waals surface area contributed by atoms with Gasteiger partial charge in [0.1, 0.15) is 17.0 Å². The van der Waals surface area contributed by atoms with Crippen molar-refractivity contribution in [2.45, 2.75) is 0 Å². The molecule has 102 valence electrons. The average Bonchev–Trinajstić information content (AvgIpc) is 2.87. The van der Waals surface area contributed by atoms with Gasteiger partial charge >= 0.3 is 0 Å². The second kappa shape index (κ2) is 4.64. The molecule has 1 aliphatic rings. The number of anilines is 1. The third-order valence-electron chi connectivity index (χ3n) is 3.81. The van der Waals surface area contributed by atoms with Crippen LogP contribution in [0.5, 0.6) is 0 Å². The maximum atomic E-state index is 4.53. The molecule has 20 heavy (non-hydrogen) atoms. The molecule has 3 aromatic heterocycles. The molecule has 0 spiro atoms. The van der Waals surface area contributed by atoms with E-state index in [9.17, 15) is 0 Å². The van der Waals surface area contributed by atoms with Crippen LogP contribution in [0, 0.1) is 0 Å². The summed E-state index contributed by atoms with van der Waals surface area (Å²) >= 11 is 1.69. The summed E-state index contributed by atoms with van der Waals surface area (Å²) in [7, 11) is 2.16. The standard InChI is InChI=1S/C14H15N5S/c1-18-5-7-19(8-6-18)13-12-11(16-9-17-13)10-3-2-4-15-14(10)20-12/h2-4,9H,5-8H2,1H3. The van der Waals surface area contributed by atoms with E-state index in [-0.39, 0.29) is 0 Å². The van der Waals surface area contributed by atoms with E-state index in [2.05, 4.69) is 37.9 Å². The second-order valence-corrected chi connectivity index (χ2v) is 6.12. The molecule has 4 heterocycles. The molecule has 3 aromatic rings. The van der Waals surface area contributed by atoms with Crippen LogP contribution in [0.15, 0.2) is 24.7 Å². The summed E-state index contributed by atoms with van der Waals surface area (Å²) in [5, 5.41) is 1.13. The zero-order valence-corrected chi connectivity index (χ0v) is 12.1. The number of hydrogen-bond acceptors (Lipinski definition) is 6. The molecular weight excluding hydrogens is 270 g/mol. The normalized spacial score (nSPS) is 17.1. The van der Waals surface area contributed by atoms with E-state index in [1.165, 1.54) is 0 Å². The largest absolute Gasteiger partial charge is 0.353 e. The zero-order chi connectivity index (χ0) is 13.5. The SMILES string of the molecule is CN1CCN(c2ncnc3c2sc2ncccc23)CC1. The summed E-state index contributed by atoms with van der Waals surface area (Å²) < 4.78 is 1.16. The van der Waals surface area contributed by atoms with Gasteiger partial charge in [0.15, 0.2) is 0 Å². The van der Waals surface area contributed by atoms with Crippen LogP contribution in [0.1, 0.15) is 0 Å². The molecule has 5 nitrogen and oxygen atoms in total. The van der Waals surface area contributed by atoms with Crippen molar-refractivity contribution < 1.29 is 0 Å². The zero-order valence-electron chi connectivity index (χ0n) is 11.3. The number of piperazine rings is 1. The number of aromatic nitrogens is 3. The Hall–Kier alpha value is -1.79. The minimum Gasteiger partial charge on any atom is -0.353 e. The summed E-state index contributed by atoms with van der Waals surface area (Å²) in [5.74, 6) is 1.06. The highest BCUT2D eigenvalue weighted by molar-refractivity contribution is 7.25. The van der Waals surface area contributed by atoms with Crippen LogP contribution in [0.3, 0.4) is 0 Å². The molecule has 0 bridgehead atoms. The van der Waals surface area contributed by atoms with Crippen LogP contribution >= 0.6 is 11.3 Å². The Morgan fingerprint density at radius 1 is 1.10 bits per heavy atom. The minimum atomic E-state index is 1.02. The lowest BCUT2D eigenvalue weighted by molar-refractivity contribution is 0.312. The molecule has 0 aliphatic carbocycles. The molecule has 4 rings (SSSR count). The van der Waals surface area contributed by atoms with Gasteiger partial charge in [-0.25, -0.2) is 15.0 Å². The third kappa shape index (κ3) is 1.83. The molecule has 0 atom stereocenters. The average molecular weight is 285 g/mol. The summed E-state index contributed by atoms with van der Waals surface area (Å²) in [6.45, 7) is 4.19. The summed E-state index contributed by atoms with van der Waals surface area (Å²) in [5.41, 5.74) is 1.03. The Kier molecular flexibility index (Phi) is 2.78. The first-order chi connectivity index (χ1) is 9.83. The minimum absolute atomic E-state index is 1.02. The number of thiophene rings is 1. The van der Waals surface area contributed by atoms with Gasteiger partial charge in [-0.05, 0) is 19.2 Å². The number of nitrogens with zero attached hydrogens (tertiary/aromatic N) is 5. The monoisotopic (exact) mass is 285 g/mol. The first-order valence-corrected chi connectivity index (χ1v) is 7.56. The van der Waals surface area contributed by atoms with Crippen LogP contribution in [0.25, 0.3) is 20.4 Å². The molecule has 1 saturated heterocycles. The highest BCUT2D eigenvalue weighted by Crippen LogP contribution is 2.35. The lowest BCUT2D eigenvalue weighted by Gasteiger charge is -2.33. The van der Waals surface area contributed by atoms with Crippen molar-refractivity contribution in [2.75, 3.05) is 38.1 Å². The molecule has 1 aliphatic heterocycles. The highest BCUT2D eigenvalue weighted by Gasteiger charge is 2.20. The fourth-order valence-electron chi connectivity index (χ4n) is 2.64. The Morgan fingerprint density at radius 3 is 2.80 bits per heavy atom. The van der Waals surface area contributed by atoms with E-state index >= 15 is 0 Å². The summed E-state index contributed by atoms with van der Waals surface area (Å²) in [6.07, 6.45) is 3.51. The molecule has 0 aromatic carbocycles. The molecule has 1 fully saturated rings. The van der Waals surface area contributed by atoms with Crippen molar-refractivity contribution in [1.82, 2.24) is 19.9 Å². The fourth-order valence-corrected chi connectivity index (χ4v) is 3.76. The van der Waals surface area contributed by atoms with Gasteiger partial charge in [-0.1, -0.05) is 0 Å². The van der Waals surface area contributed by atoms with Crippen molar-refractivity contribution in [3.8, 4) is 0 Å². The molecular formula is C14H15N5S. The first kappa shape index (κ1) is 12.0. The van der Waals surface area contributed by atoms with Crippen LogP contribution in [-0.4, -0.2) is 53.1 Å². The van der Waals surface area contributed by atoms with Gasteiger partial charge in [0, 0.05) is 37.8 Å². The number of pyridine rings is 1. The summed E-state index contributed by atoms with van der Waals surface area (Å²) in [4.78, 5) is 19.2. The Balaban J connectivity index is 1.87. The Morgan fingerprint density at radius 2 is 1.95 bits per heavy atom. The van der Waals surface area contributed by atoms with Crippen molar-refractivity contribution in [2.24, 2.45) is 0 Å². The van der Waals surface area contributed by atoms with E-state index in [1.807, 2.05) is 12.3 Å². The molecule has 0 N–H and O–H groups in total. The molecule has 0 unspecified atom stereocenters. The molecule has 0 radical (unpaired) electrons. The Bertz CT molecular complexity index is 760. The van der Waals surface area contributed by atoms with E-state index in [0.29, 0.717) is 0 Å². The Labute approximate surface area is 120 Å².